The lowest BCUT2D eigenvalue weighted by molar-refractivity contribution is -0.137. The van der Waals surface area contributed by atoms with Crippen LogP contribution in [-0.2, 0) is 11.0 Å². The van der Waals surface area contributed by atoms with E-state index in [2.05, 4.69) is 10.6 Å². The minimum Gasteiger partial charge on any atom is -0.323 e. The van der Waals surface area contributed by atoms with E-state index >= 15 is 0 Å². The molecule has 0 aliphatic rings. The van der Waals surface area contributed by atoms with Crippen LogP contribution in [0.2, 0.25) is 5.02 Å². The molecule has 0 bridgehead atoms. The van der Waals surface area contributed by atoms with Gasteiger partial charge in [-0.25, -0.2) is 0 Å². The minimum atomic E-state index is -4.59. The highest BCUT2D eigenvalue weighted by molar-refractivity contribution is 6.34. The van der Waals surface area contributed by atoms with Gasteiger partial charge in [0.1, 0.15) is 0 Å². The Bertz CT molecular complexity index is 501. The largest absolute Gasteiger partial charge is 0.418 e. The lowest BCUT2D eigenvalue weighted by Gasteiger charge is -2.25. The molecule has 112 valence electrons. The Kier molecular flexibility index (Phi) is 5.05. The summed E-state index contributed by atoms with van der Waals surface area (Å²) >= 11 is 5.77. The third kappa shape index (κ3) is 3.86. The van der Waals surface area contributed by atoms with E-state index in [1.807, 2.05) is 0 Å². The number of nitrogens with one attached hydrogen (secondary N) is 2. The first-order valence-corrected chi connectivity index (χ1v) is 6.39. The number of rotatable bonds is 4. The van der Waals surface area contributed by atoms with Crippen LogP contribution in [0.4, 0.5) is 18.9 Å². The molecule has 7 heteroatoms. The van der Waals surface area contributed by atoms with Crippen molar-refractivity contribution < 1.29 is 18.0 Å². The summed E-state index contributed by atoms with van der Waals surface area (Å²) in [6.45, 7) is 5.46. The van der Waals surface area contributed by atoms with Crippen molar-refractivity contribution in [2.75, 3.05) is 11.9 Å². The van der Waals surface area contributed by atoms with Gasteiger partial charge in [0, 0.05) is 0 Å². The number of para-hydroxylation sites is 1. The first-order chi connectivity index (χ1) is 9.09. The second-order valence-electron chi connectivity index (χ2n) is 4.77. The molecule has 0 spiro atoms. The highest BCUT2D eigenvalue weighted by atomic mass is 35.5. The van der Waals surface area contributed by atoms with E-state index in [4.69, 9.17) is 11.6 Å². The van der Waals surface area contributed by atoms with Crippen molar-refractivity contribution in [1.29, 1.82) is 0 Å². The van der Waals surface area contributed by atoms with Gasteiger partial charge in [0.2, 0.25) is 5.91 Å². The third-order valence-corrected chi connectivity index (χ3v) is 3.06. The molecular formula is C13H16ClF3N2O. The van der Waals surface area contributed by atoms with Crippen LogP contribution in [0.25, 0.3) is 0 Å². The Morgan fingerprint density at radius 3 is 2.40 bits per heavy atom. The van der Waals surface area contributed by atoms with E-state index in [-0.39, 0.29) is 5.02 Å². The molecule has 0 radical (unpaired) electrons. The van der Waals surface area contributed by atoms with Gasteiger partial charge in [-0.1, -0.05) is 24.6 Å². The number of hydrogen-bond acceptors (Lipinski definition) is 2. The summed E-state index contributed by atoms with van der Waals surface area (Å²) in [7, 11) is 0. The quantitative estimate of drug-likeness (QED) is 0.891. The van der Waals surface area contributed by atoms with Crippen molar-refractivity contribution in [1.82, 2.24) is 5.32 Å². The fraction of sp³-hybridized carbons (Fsp3) is 0.462. The number of benzene rings is 1. The number of carbonyl (C=O) groups is 1. The molecule has 1 aromatic carbocycles. The zero-order valence-electron chi connectivity index (χ0n) is 11.4. The molecule has 2 N–H and O–H groups in total. The van der Waals surface area contributed by atoms with E-state index in [0.717, 1.165) is 6.07 Å². The van der Waals surface area contributed by atoms with E-state index in [0.29, 0.717) is 6.54 Å². The smallest absolute Gasteiger partial charge is 0.323 e. The number of carbonyl (C=O) groups excluding carboxylic acids is 1. The van der Waals surface area contributed by atoms with Gasteiger partial charge in [0.15, 0.2) is 0 Å². The Labute approximate surface area is 120 Å². The maximum atomic E-state index is 12.9. The molecule has 0 aromatic heterocycles. The average Bonchev–Trinajstić information content (AvgIpc) is 2.30. The van der Waals surface area contributed by atoms with Crippen LogP contribution < -0.4 is 10.6 Å². The molecule has 3 nitrogen and oxygen atoms in total. The first kappa shape index (κ1) is 16.8. The molecule has 20 heavy (non-hydrogen) atoms. The molecule has 0 unspecified atom stereocenters. The van der Waals surface area contributed by atoms with Gasteiger partial charge >= 0.3 is 6.18 Å². The van der Waals surface area contributed by atoms with Gasteiger partial charge in [0.25, 0.3) is 0 Å². The van der Waals surface area contributed by atoms with Crippen molar-refractivity contribution in [3.8, 4) is 0 Å². The number of halogens is 4. The number of amides is 1. The summed E-state index contributed by atoms with van der Waals surface area (Å²) < 4.78 is 38.7. The summed E-state index contributed by atoms with van der Waals surface area (Å²) in [5, 5.41) is 4.99. The minimum absolute atomic E-state index is 0.152. The van der Waals surface area contributed by atoms with Crippen LogP contribution in [0, 0.1) is 0 Å². The second-order valence-corrected chi connectivity index (χ2v) is 5.18. The monoisotopic (exact) mass is 308 g/mol. The third-order valence-electron chi connectivity index (χ3n) is 2.74. The lowest BCUT2D eigenvalue weighted by atomic mass is 10.0. The fourth-order valence-electron chi connectivity index (χ4n) is 1.68. The number of hydrogen-bond donors (Lipinski definition) is 2. The maximum absolute atomic E-state index is 12.9. The first-order valence-electron chi connectivity index (χ1n) is 6.01. The standard InChI is InChI=1S/C13H16ClF3N2O/c1-4-18-12(2,3)11(20)19-10-8(13(15,16)17)6-5-7-9(10)14/h5-7,18H,4H2,1-3H3,(H,19,20). The Hall–Kier alpha value is -1.27. The van der Waals surface area contributed by atoms with Gasteiger partial charge < -0.3 is 10.6 Å². The van der Waals surface area contributed by atoms with Crippen molar-refractivity contribution in [2.24, 2.45) is 0 Å². The van der Waals surface area contributed by atoms with Gasteiger partial charge in [-0.2, -0.15) is 13.2 Å². The molecule has 0 fully saturated rings. The SMILES string of the molecule is CCNC(C)(C)C(=O)Nc1c(Cl)cccc1C(F)(F)F. The van der Waals surface area contributed by atoms with Crippen LogP contribution >= 0.6 is 11.6 Å². The van der Waals surface area contributed by atoms with Gasteiger partial charge in [-0.15, -0.1) is 0 Å². The molecular weight excluding hydrogens is 293 g/mol. The van der Waals surface area contributed by atoms with Gasteiger partial charge in [-0.05, 0) is 32.5 Å². The predicted molar refractivity (Wildman–Crippen MR) is 72.8 cm³/mol. The maximum Gasteiger partial charge on any atom is 0.418 e. The number of likely N-dealkylation sites (N-methyl/N-ethyl adjacent to an activating group) is 1. The van der Waals surface area contributed by atoms with Crippen molar-refractivity contribution in [2.45, 2.75) is 32.5 Å². The summed E-state index contributed by atoms with van der Waals surface area (Å²) in [5.74, 6) is -0.585. The molecule has 0 saturated carbocycles. The lowest BCUT2D eigenvalue weighted by Crippen LogP contribution is -2.49. The summed E-state index contributed by atoms with van der Waals surface area (Å²) in [6.07, 6.45) is -4.59. The molecule has 0 atom stereocenters. The molecule has 0 saturated heterocycles. The Balaban J connectivity index is 3.13. The topological polar surface area (TPSA) is 41.1 Å². The molecule has 0 aliphatic heterocycles. The predicted octanol–water partition coefficient (Wildman–Crippen LogP) is 3.69. The van der Waals surface area contributed by atoms with Crippen LogP contribution in [0.5, 0.6) is 0 Å². The van der Waals surface area contributed by atoms with E-state index in [1.54, 1.807) is 20.8 Å². The Morgan fingerprint density at radius 1 is 1.30 bits per heavy atom. The van der Waals surface area contributed by atoms with E-state index in [9.17, 15) is 18.0 Å². The molecule has 1 amide bonds. The highest BCUT2D eigenvalue weighted by Crippen LogP contribution is 2.38. The van der Waals surface area contributed by atoms with E-state index in [1.165, 1.54) is 12.1 Å². The van der Waals surface area contributed by atoms with Gasteiger partial charge in [-0.3, -0.25) is 4.79 Å². The molecule has 0 aliphatic carbocycles. The van der Waals surface area contributed by atoms with E-state index < -0.39 is 28.9 Å². The Morgan fingerprint density at radius 2 is 1.90 bits per heavy atom. The number of alkyl halides is 3. The average molecular weight is 309 g/mol. The summed E-state index contributed by atoms with van der Waals surface area (Å²) in [4.78, 5) is 12.1. The molecule has 1 rings (SSSR count). The van der Waals surface area contributed by atoms with Crippen LogP contribution in [-0.4, -0.2) is 18.0 Å². The van der Waals surface area contributed by atoms with Crippen LogP contribution in [0.1, 0.15) is 26.3 Å². The van der Waals surface area contributed by atoms with Crippen molar-refractivity contribution in [3.05, 3.63) is 28.8 Å². The summed E-state index contributed by atoms with van der Waals surface area (Å²) in [6, 6.07) is 3.37. The fourth-order valence-corrected chi connectivity index (χ4v) is 1.90. The molecule has 0 heterocycles. The summed E-state index contributed by atoms with van der Waals surface area (Å²) in [5.41, 5.74) is -2.39. The zero-order chi connectivity index (χ0) is 15.6. The van der Waals surface area contributed by atoms with Crippen molar-refractivity contribution in [3.63, 3.8) is 0 Å². The normalized spacial score (nSPS) is 12.3. The second kappa shape index (κ2) is 6.01. The molecule has 1 aromatic rings. The van der Waals surface area contributed by atoms with Gasteiger partial charge in [0.05, 0.1) is 21.8 Å². The van der Waals surface area contributed by atoms with Crippen LogP contribution in [0.3, 0.4) is 0 Å². The van der Waals surface area contributed by atoms with Crippen molar-refractivity contribution >= 4 is 23.2 Å². The number of anilines is 1. The zero-order valence-corrected chi connectivity index (χ0v) is 12.1. The van der Waals surface area contributed by atoms with Crippen LogP contribution in [0.15, 0.2) is 18.2 Å². The highest BCUT2D eigenvalue weighted by Gasteiger charge is 2.36.